The lowest BCUT2D eigenvalue weighted by molar-refractivity contribution is 0.358. The maximum atomic E-state index is 14.0. The molecule has 108 valence electrons. The Labute approximate surface area is 111 Å². The number of hydrogen-bond donors (Lipinski definition) is 0. The van der Waals surface area contributed by atoms with Gasteiger partial charge in [0, 0.05) is 11.1 Å². The standard InChI is InChI=1S/C15H20F4/c1-14(2,3)7-8-10(16)12(18)9(15(4,5)6)13(19)11(8)17/h7H2,1-6H3. The Balaban J connectivity index is 3.57. The quantitative estimate of drug-likeness (QED) is 0.493. The monoisotopic (exact) mass is 276 g/mol. The van der Waals surface area contributed by atoms with Gasteiger partial charge in [-0.25, -0.2) is 17.6 Å². The average molecular weight is 276 g/mol. The lowest BCUT2D eigenvalue weighted by Gasteiger charge is -2.24. The first-order valence-corrected chi connectivity index (χ1v) is 6.21. The van der Waals surface area contributed by atoms with Crippen LogP contribution >= 0.6 is 0 Å². The highest BCUT2D eigenvalue weighted by atomic mass is 19.2. The lowest BCUT2D eigenvalue weighted by atomic mass is 9.82. The molecule has 0 amide bonds. The summed E-state index contributed by atoms with van der Waals surface area (Å²) >= 11 is 0. The van der Waals surface area contributed by atoms with Crippen LogP contribution in [0.2, 0.25) is 0 Å². The molecule has 0 atom stereocenters. The molecule has 0 aliphatic heterocycles. The van der Waals surface area contributed by atoms with Gasteiger partial charge < -0.3 is 0 Å². The van der Waals surface area contributed by atoms with Gasteiger partial charge in [-0.15, -0.1) is 0 Å². The normalized spacial score (nSPS) is 12.9. The zero-order valence-electron chi connectivity index (χ0n) is 12.2. The van der Waals surface area contributed by atoms with Gasteiger partial charge in [-0.2, -0.15) is 0 Å². The van der Waals surface area contributed by atoms with Crippen molar-refractivity contribution in [3.63, 3.8) is 0 Å². The lowest BCUT2D eigenvalue weighted by Crippen LogP contribution is -2.22. The van der Waals surface area contributed by atoms with Gasteiger partial charge in [-0.1, -0.05) is 41.5 Å². The summed E-state index contributed by atoms with van der Waals surface area (Å²) in [5, 5.41) is 0. The fourth-order valence-corrected chi connectivity index (χ4v) is 2.02. The number of rotatable bonds is 1. The molecule has 0 N–H and O–H groups in total. The molecule has 0 aliphatic rings. The Morgan fingerprint density at radius 2 is 1.05 bits per heavy atom. The van der Waals surface area contributed by atoms with Crippen LogP contribution in [-0.2, 0) is 11.8 Å². The second kappa shape index (κ2) is 4.80. The summed E-state index contributed by atoms with van der Waals surface area (Å²) in [6, 6.07) is 0. The molecule has 0 radical (unpaired) electrons. The molecule has 0 spiro atoms. The highest BCUT2D eigenvalue weighted by Crippen LogP contribution is 2.35. The third kappa shape index (κ3) is 3.28. The van der Waals surface area contributed by atoms with Crippen molar-refractivity contribution in [2.45, 2.75) is 53.4 Å². The topological polar surface area (TPSA) is 0 Å². The Bertz CT molecular complexity index is 461. The minimum absolute atomic E-state index is 0.0665. The summed E-state index contributed by atoms with van der Waals surface area (Å²) in [4.78, 5) is 0. The molecule has 0 unspecified atom stereocenters. The van der Waals surface area contributed by atoms with Gasteiger partial charge in [0.1, 0.15) is 0 Å². The molecule has 4 heteroatoms. The van der Waals surface area contributed by atoms with Crippen LogP contribution in [0.25, 0.3) is 0 Å². The van der Waals surface area contributed by atoms with E-state index in [1.807, 2.05) is 0 Å². The molecule has 1 aromatic rings. The van der Waals surface area contributed by atoms with E-state index in [0.717, 1.165) is 0 Å². The van der Waals surface area contributed by atoms with Gasteiger partial charge in [0.15, 0.2) is 23.3 Å². The van der Waals surface area contributed by atoms with E-state index in [4.69, 9.17) is 0 Å². The first-order chi connectivity index (χ1) is 8.36. The molecular formula is C15H20F4. The molecule has 0 fully saturated rings. The second-order valence-corrected chi connectivity index (χ2v) is 7.10. The van der Waals surface area contributed by atoms with Crippen LogP contribution in [0.4, 0.5) is 17.6 Å². The Morgan fingerprint density at radius 1 is 0.684 bits per heavy atom. The van der Waals surface area contributed by atoms with E-state index < -0.39 is 45.2 Å². The smallest absolute Gasteiger partial charge is 0.165 e. The molecule has 0 bridgehead atoms. The SMILES string of the molecule is CC(C)(C)Cc1c(F)c(F)c(C(C)(C)C)c(F)c1F. The number of halogens is 4. The van der Waals surface area contributed by atoms with Crippen molar-refractivity contribution in [3.05, 3.63) is 34.4 Å². The van der Waals surface area contributed by atoms with Crippen LogP contribution in [0.15, 0.2) is 0 Å². The minimum atomic E-state index is -1.29. The molecule has 0 saturated heterocycles. The molecule has 0 nitrogen and oxygen atoms in total. The molecule has 0 aromatic heterocycles. The Morgan fingerprint density at radius 3 is 1.32 bits per heavy atom. The second-order valence-electron chi connectivity index (χ2n) is 7.10. The summed E-state index contributed by atoms with van der Waals surface area (Å²) in [6.45, 7) is 9.78. The predicted molar refractivity (Wildman–Crippen MR) is 68.1 cm³/mol. The first kappa shape index (κ1) is 16.0. The van der Waals surface area contributed by atoms with Gasteiger partial charge >= 0.3 is 0 Å². The van der Waals surface area contributed by atoms with E-state index in [0.29, 0.717) is 0 Å². The molecule has 1 aromatic carbocycles. The van der Waals surface area contributed by atoms with E-state index in [1.54, 1.807) is 20.8 Å². The summed E-state index contributed by atoms with van der Waals surface area (Å²) in [6.07, 6.45) is -0.0665. The summed E-state index contributed by atoms with van der Waals surface area (Å²) in [5.41, 5.74) is -2.53. The van der Waals surface area contributed by atoms with E-state index in [9.17, 15) is 17.6 Å². The molecule has 0 saturated carbocycles. The first-order valence-electron chi connectivity index (χ1n) is 6.21. The van der Waals surface area contributed by atoms with Crippen molar-refractivity contribution >= 4 is 0 Å². The van der Waals surface area contributed by atoms with E-state index >= 15 is 0 Å². The maximum absolute atomic E-state index is 14.0. The highest BCUT2D eigenvalue weighted by molar-refractivity contribution is 5.34. The third-order valence-electron chi connectivity index (χ3n) is 2.81. The molecular weight excluding hydrogens is 256 g/mol. The van der Waals surface area contributed by atoms with Crippen LogP contribution in [0.3, 0.4) is 0 Å². The van der Waals surface area contributed by atoms with Crippen LogP contribution in [-0.4, -0.2) is 0 Å². The largest absolute Gasteiger partial charge is 0.203 e. The molecule has 0 heterocycles. The Hall–Kier alpha value is -1.06. The highest BCUT2D eigenvalue weighted by Gasteiger charge is 2.32. The van der Waals surface area contributed by atoms with E-state index in [1.165, 1.54) is 20.8 Å². The molecule has 19 heavy (non-hydrogen) atoms. The van der Waals surface area contributed by atoms with Gasteiger partial charge in [0.25, 0.3) is 0 Å². The number of benzene rings is 1. The van der Waals surface area contributed by atoms with Crippen LogP contribution in [0, 0.1) is 28.7 Å². The van der Waals surface area contributed by atoms with Crippen molar-refractivity contribution in [1.82, 2.24) is 0 Å². The summed E-state index contributed by atoms with van der Waals surface area (Å²) in [5.74, 6) is -5.13. The third-order valence-corrected chi connectivity index (χ3v) is 2.81. The fourth-order valence-electron chi connectivity index (χ4n) is 2.02. The van der Waals surface area contributed by atoms with Crippen molar-refractivity contribution in [3.8, 4) is 0 Å². The maximum Gasteiger partial charge on any atom is 0.165 e. The summed E-state index contributed by atoms with van der Waals surface area (Å²) < 4.78 is 55.9. The zero-order chi connectivity index (χ0) is 15.2. The van der Waals surface area contributed by atoms with Gasteiger partial charge in [0.05, 0.1) is 0 Å². The molecule has 1 rings (SSSR count). The minimum Gasteiger partial charge on any atom is -0.203 e. The number of hydrogen-bond acceptors (Lipinski definition) is 0. The average Bonchev–Trinajstić information content (AvgIpc) is 2.18. The van der Waals surface area contributed by atoms with Crippen molar-refractivity contribution < 1.29 is 17.6 Å². The zero-order valence-corrected chi connectivity index (χ0v) is 12.2. The molecule has 0 aliphatic carbocycles. The Kier molecular flexibility index (Phi) is 4.04. The van der Waals surface area contributed by atoms with Gasteiger partial charge in [0.2, 0.25) is 0 Å². The van der Waals surface area contributed by atoms with Crippen LogP contribution < -0.4 is 0 Å². The fraction of sp³-hybridized carbons (Fsp3) is 0.600. The van der Waals surface area contributed by atoms with Gasteiger partial charge in [-0.3, -0.25) is 0 Å². The van der Waals surface area contributed by atoms with Crippen molar-refractivity contribution in [2.75, 3.05) is 0 Å². The van der Waals surface area contributed by atoms with Crippen LogP contribution in [0.5, 0.6) is 0 Å². The van der Waals surface area contributed by atoms with E-state index in [2.05, 4.69) is 0 Å². The van der Waals surface area contributed by atoms with E-state index in [-0.39, 0.29) is 6.42 Å². The predicted octanol–water partition coefficient (Wildman–Crippen LogP) is 5.13. The van der Waals surface area contributed by atoms with Crippen molar-refractivity contribution in [2.24, 2.45) is 5.41 Å². The summed E-state index contributed by atoms with van der Waals surface area (Å²) in [7, 11) is 0. The van der Waals surface area contributed by atoms with Gasteiger partial charge in [-0.05, 0) is 17.3 Å². The van der Waals surface area contributed by atoms with Crippen molar-refractivity contribution in [1.29, 1.82) is 0 Å². The van der Waals surface area contributed by atoms with Crippen LogP contribution in [0.1, 0.15) is 52.7 Å².